The van der Waals surface area contributed by atoms with Crippen LogP contribution in [0.3, 0.4) is 0 Å². The van der Waals surface area contributed by atoms with E-state index >= 15 is 0 Å². The maximum absolute atomic E-state index is 13.2. The van der Waals surface area contributed by atoms with Gasteiger partial charge in [0.05, 0.1) is 17.6 Å². The Labute approximate surface area is 168 Å². The summed E-state index contributed by atoms with van der Waals surface area (Å²) in [6.45, 7) is 1.87. The second-order valence-corrected chi connectivity index (χ2v) is 7.48. The first-order chi connectivity index (χ1) is 13.8. The number of nitrogens with zero attached hydrogens (tertiary/aromatic N) is 4. The lowest BCUT2D eigenvalue weighted by atomic mass is 9.96. The van der Waals surface area contributed by atoms with Crippen molar-refractivity contribution in [1.29, 1.82) is 0 Å². The molecule has 0 bridgehead atoms. The zero-order valence-corrected chi connectivity index (χ0v) is 16.2. The van der Waals surface area contributed by atoms with Gasteiger partial charge in [0, 0.05) is 17.3 Å². The standard InChI is InChI=1S/C19H17F3N4O2S/c1-2-18(27,19(20,21)22)17-11-26(25-24-17)10-12-3-4-13-14(16-5-7-23-29-16)6-8-28-15(13)9-12/h3-7,9,11,27H,2,8,10H2,1H3/t18-/m0/s1. The van der Waals surface area contributed by atoms with Crippen molar-refractivity contribution < 1.29 is 23.0 Å². The van der Waals surface area contributed by atoms with Gasteiger partial charge >= 0.3 is 6.18 Å². The van der Waals surface area contributed by atoms with E-state index < -0.39 is 23.9 Å². The van der Waals surface area contributed by atoms with E-state index in [9.17, 15) is 18.3 Å². The Kier molecular flexibility index (Phi) is 4.91. The molecule has 0 unspecified atom stereocenters. The molecular weight excluding hydrogens is 405 g/mol. The number of hydrogen-bond acceptors (Lipinski definition) is 6. The number of fused-ring (bicyclic) bond motifs is 1. The summed E-state index contributed by atoms with van der Waals surface area (Å²) < 4.78 is 50.8. The Balaban J connectivity index is 1.58. The van der Waals surface area contributed by atoms with Crippen molar-refractivity contribution in [1.82, 2.24) is 19.4 Å². The van der Waals surface area contributed by atoms with Gasteiger partial charge in [-0.1, -0.05) is 24.3 Å². The number of benzene rings is 1. The second-order valence-electron chi connectivity index (χ2n) is 6.65. The Morgan fingerprint density at radius 3 is 2.79 bits per heavy atom. The van der Waals surface area contributed by atoms with Crippen LogP contribution in [0.4, 0.5) is 13.2 Å². The Morgan fingerprint density at radius 1 is 1.28 bits per heavy atom. The molecule has 0 spiro atoms. The molecule has 0 fully saturated rings. The van der Waals surface area contributed by atoms with Crippen LogP contribution in [-0.2, 0) is 12.1 Å². The second kappa shape index (κ2) is 7.27. The first-order valence-electron chi connectivity index (χ1n) is 8.89. The molecule has 0 amide bonds. The van der Waals surface area contributed by atoms with Gasteiger partial charge in [-0.25, -0.2) is 9.06 Å². The van der Waals surface area contributed by atoms with Crippen molar-refractivity contribution in [2.75, 3.05) is 6.61 Å². The first kappa shape index (κ1) is 19.6. The van der Waals surface area contributed by atoms with Crippen LogP contribution in [0, 0.1) is 0 Å². The number of hydrogen-bond donors (Lipinski definition) is 1. The predicted octanol–water partition coefficient (Wildman–Crippen LogP) is 3.77. The molecule has 3 heterocycles. The normalized spacial score (nSPS) is 16.0. The quantitative estimate of drug-likeness (QED) is 0.678. The van der Waals surface area contributed by atoms with E-state index in [0.29, 0.717) is 12.4 Å². The number of halogens is 3. The predicted molar refractivity (Wildman–Crippen MR) is 100 cm³/mol. The average Bonchev–Trinajstić information content (AvgIpc) is 3.38. The highest BCUT2D eigenvalue weighted by molar-refractivity contribution is 7.07. The van der Waals surface area contributed by atoms with Crippen molar-refractivity contribution in [3.05, 3.63) is 64.4 Å². The molecule has 1 N–H and O–H groups in total. The highest BCUT2D eigenvalue weighted by Gasteiger charge is 2.55. The summed E-state index contributed by atoms with van der Waals surface area (Å²) in [6, 6.07) is 7.54. The van der Waals surface area contributed by atoms with Crippen molar-refractivity contribution in [2.45, 2.75) is 31.7 Å². The number of aromatic nitrogens is 4. The molecule has 1 aromatic carbocycles. The van der Waals surface area contributed by atoms with Crippen molar-refractivity contribution >= 4 is 17.1 Å². The molecule has 2 aromatic heterocycles. The van der Waals surface area contributed by atoms with Crippen molar-refractivity contribution in [3.63, 3.8) is 0 Å². The van der Waals surface area contributed by atoms with Gasteiger partial charge in [0.2, 0.25) is 5.60 Å². The summed E-state index contributed by atoms with van der Waals surface area (Å²) in [5.74, 6) is 0.689. The van der Waals surface area contributed by atoms with Crippen LogP contribution in [-0.4, -0.2) is 37.3 Å². The highest BCUT2D eigenvalue weighted by atomic mass is 32.1. The minimum atomic E-state index is -4.83. The van der Waals surface area contributed by atoms with Gasteiger partial charge < -0.3 is 9.84 Å². The summed E-state index contributed by atoms with van der Waals surface area (Å²) >= 11 is 1.40. The first-order valence-corrected chi connectivity index (χ1v) is 9.66. The van der Waals surface area contributed by atoms with Crippen LogP contribution < -0.4 is 4.74 Å². The molecule has 1 aliphatic heterocycles. The number of rotatable bonds is 5. The minimum absolute atomic E-state index is 0.195. The largest absolute Gasteiger partial charge is 0.489 e. The molecular formula is C19H17F3N4O2S. The topological polar surface area (TPSA) is 73.1 Å². The monoisotopic (exact) mass is 422 g/mol. The lowest BCUT2D eigenvalue weighted by molar-refractivity contribution is -0.269. The third-order valence-electron chi connectivity index (χ3n) is 4.85. The molecule has 0 radical (unpaired) electrons. The molecule has 0 saturated carbocycles. The van der Waals surface area contributed by atoms with E-state index in [4.69, 9.17) is 4.74 Å². The van der Waals surface area contributed by atoms with Crippen molar-refractivity contribution in [3.8, 4) is 5.75 Å². The van der Waals surface area contributed by atoms with Gasteiger partial charge in [0.1, 0.15) is 18.1 Å². The molecule has 3 aromatic rings. The fraction of sp³-hybridized carbons (Fsp3) is 0.316. The number of ether oxygens (including phenoxy) is 1. The van der Waals surface area contributed by atoms with Crippen LogP contribution >= 0.6 is 11.5 Å². The van der Waals surface area contributed by atoms with Crippen molar-refractivity contribution in [2.24, 2.45) is 0 Å². The van der Waals surface area contributed by atoms with Crippen LogP contribution in [0.1, 0.15) is 35.0 Å². The van der Waals surface area contributed by atoms with E-state index in [0.717, 1.165) is 27.8 Å². The highest BCUT2D eigenvalue weighted by Crippen LogP contribution is 2.40. The molecule has 1 aliphatic rings. The van der Waals surface area contributed by atoms with E-state index in [1.807, 2.05) is 30.3 Å². The van der Waals surface area contributed by atoms with Gasteiger partial charge in [-0.3, -0.25) is 0 Å². The third kappa shape index (κ3) is 3.53. The zero-order chi connectivity index (χ0) is 20.6. The van der Waals surface area contributed by atoms with Crippen LogP contribution in [0.25, 0.3) is 5.57 Å². The Morgan fingerprint density at radius 2 is 2.10 bits per heavy atom. The summed E-state index contributed by atoms with van der Waals surface area (Å²) in [6.07, 6.45) is -0.525. The van der Waals surface area contributed by atoms with Crippen LogP contribution in [0.2, 0.25) is 0 Å². The van der Waals surface area contributed by atoms with Crippen LogP contribution in [0.15, 0.2) is 42.7 Å². The molecule has 1 atom stereocenters. The Hall–Kier alpha value is -2.72. The molecule has 10 heteroatoms. The Bertz CT molecular complexity index is 1050. The van der Waals surface area contributed by atoms with Gasteiger partial charge in [0.25, 0.3) is 0 Å². The third-order valence-corrected chi connectivity index (χ3v) is 5.63. The zero-order valence-electron chi connectivity index (χ0n) is 15.3. The van der Waals surface area contributed by atoms with E-state index in [2.05, 4.69) is 14.7 Å². The fourth-order valence-corrected chi connectivity index (χ4v) is 3.85. The molecule has 0 aliphatic carbocycles. The smallest absolute Gasteiger partial charge is 0.423 e. The molecule has 0 saturated heterocycles. The molecule has 4 rings (SSSR count). The maximum atomic E-state index is 13.2. The summed E-state index contributed by atoms with van der Waals surface area (Å²) in [5, 5.41) is 17.3. The van der Waals surface area contributed by atoms with E-state index in [-0.39, 0.29) is 6.54 Å². The fourth-order valence-electron chi connectivity index (χ4n) is 3.20. The lowest BCUT2D eigenvalue weighted by Gasteiger charge is -2.26. The van der Waals surface area contributed by atoms with E-state index in [1.54, 1.807) is 6.20 Å². The average molecular weight is 422 g/mol. The lowest BCUT2D eigenvalue weighted by Crippen LogP contribution is -2.42. The maximum Gasteiger partial charge on any atom is 0.423 e. The number of alkyl halides is 3. The van der Waals surface area contributed by atoms with Crippen LogP contribution in [0.5, 0.6) is 5.75 Å². The summed E-state index contributed by atoms with van der Waals surface area (Å²) in [7, 11) is 0. The minimum Gasteiger partial charge on any atom is -0.489 e. The number of aliphatic hydroxyl groups is 1. The summed E-state index contributed by atoms with van der Waals surface area (Å²) in [4.78, 5) is 1.04. The molecule has 152 valence electrons. The van der Waals surface area contributed by atoms with E-state index in [1.165, 1.54) is 23.1 Å². The summed E-state index contributed by atoms with van der Waals surface area (Å²) in [5.41, 5.74) is -0.768. The molecule has 29 heavy (non-hydrogen) atoms. The van der Waals surface area contributed by atoms with Gasteiger partial charge in [-0.2, -0.15) is 13.2 Å². The van der Waals surface area contributed by atoms with Gasteiger partial charge in [-0.15, -0.1) is 5.10 Å². The van der Waals surface area contributed by atoms with Gasteiger partial charge in [0.15, 0.2) is 0 Å². The SMILES string of the molecule is CC[C@](O)(c1cn(Cc2ccc3c(c2)OCC=C3c2ccns2)nn1)C(F)(F)F. The molecule has 6 nitrogen and oxygen atoms in total. The van der Waals surface area contributed by atoms with Gasteiger partial charge in [-0.05, 0) is 41.7 Å².